The van der Waals surface area contributed by atoms with Gasteiger partial charge in [0.1, 0.15) is 10.8 Å². The molecule has 0 unspecified atom stereocenters. The Kier molecular flexibility index (Phi) is 6.28. The van der Waals surface area contributed by atoms with Gasteiger partial charge in [0, 0.05) is 10.9 Å². The molecule has 0 aliphatic heterocycles. The highest BCUT2D eigenvalue weighted by Gasteiger charge is 2.07. The first kappa shape index (κ1) is 16.4. The number of hydrogen-bond donors (Lipinski definition) is 2. The number of para-hydroxylation sites is 1. The van der Waals surface area contributed by atoms with Gasteiger partial charge in [-0.15, -0.1) is 10.2 Å². The largest absolute Gasteiger partial charge is 0.492 e. The maximum absolute atomic E-state index is 11.7. The van der Waals surface area contributed by atoms with Crippen molar-refractivity contribution in [2.75, 3.05) is 17.7 Å². The van der Waals surface area contributed by atoms with E-state index in [1.54, 1.807) is 0 Å². The standard InChI is InChI=1S/C13H14BrN5O2S/c14-5-6-21-10-4-2-1-3-9(10)8-16-17-11(20)7-12-18-19-13(15)22-12/h1-4,8H,5-7H2,(H2,15,19)(H,17,20)/b16-8+. The molecule has 1 heterocycles. The van der Waals surface area contributed by atoms with Crippen molar-refractivity contribution < 1.29 is 9.53 Å². The SMILES string of the molecule is Nc1nnc(CC(=O)N/N=C/c2ccccc2OCCBr)s1. The fourth-order valence-corrected chi connectivity index (χ4v) is 2.33. The molecule has 0 saturated carbocycles. The lowest BCUT2D eigenvalue weighted by atomic mass is 10.2. The smallest absolute Gasteiger partial charge is 0.247 e. The van der Waals surface area contributed by atoms with Gasteiger partial charge < -0.3 is 10.5 Å². The van der Waals surface area contributed by atoms with Crippen LogP contribution in [0.4, 0.5) is 5.13 Å². The normalized spacial score (nSPS) is 10.8. The number of carbonyl (C=O) groups excluding carboxylic acids is 1. The van der Waals surface area contributed by atoms with Gasteiger partial charge in [-0.2, -0.15) is 5.10 Å². The highest BCUT2D eigenvalue weighted by molar-refractivity contribution is 9.09. The van der Waals surface area contributed by atoms with E-state index >= 15 is 0 Å². The number of nitrogen functional groups attached to an aromatic ring is 1. The number of nitrogens with one attached hydrogen (secondary N) is 1. The Labute approximate surface area is 139 Å². The van der Waals surface area contributed by atoms with E-state index in [9.17, 15) is 4.79 Å². The van der Waals surface area contributed by atoms with E-state index in [2.05, 4.69) is 36.7 Å². The van der Waals surface area contributed by atoms with Gasteiger partial charge in [-0.1, -0.05) is 39.4 Å². The molecule has 1 aromatic carbocycles. The highest BCUT2D eigenvalue weighted by Crippen LogP contribution is 2.16. The summed E-state index contributed by atoms with van der Waals surface area (Å²) in [6.07, 6.45) is 1.63. The van der Waals surface area contributed by atoms with Gasteiger partial charge in [0.25, 0.3) is 0 Å². The summed E-state index contributed by atoms with van der Waals surface area (Å²) in [5, 5.41) is 13.0. The van der Waals surface area contributed by atoms with Crippen molar-refractivity contribution in [1.82, 2.24) is 15.6 Å². The summed E-state index contributed by atoms with van der Waals surface area (Å²) >= 11 is 4.48. The van der Waals surface area contributed by atoms with E-state index in [0.717, 1.165) is 10.9 Å². The Hall–Kier alpha value is -2.00. The van der Waals surface area contributed by atoms with Crippen LogP contribution in [0.15, 0.2) is 29.4 Å². The molecule has 0 bridgehead atoms. The molecule has 116 valence electrons. The monoisotopic (exact) mass is 383 g/mol. The summed E-state index contributed by atoms with van der Waals surface area (Å²) in [6.45, 7) is 0.551. The van der Waals surface area contributed by atoms with Crippen LogP contribution in [0.25, 0.3) is 0 Å². The number of hydrogen-bond acceptors (Lipinski definition) is 7. The zero-order valence-electron chi connectivity index (χ0n) is 11.5. The van der Waals surface area contributed by atoms with E-state index in [0.29, 0.717) is 22.5 Å². The number of hydrazone groups is 1. The number of rotatable bonds is 7. The fourth-order valence-electron chi connectivity index (χ4n) is 1.56. The van der Waals surface area contributed by atoms with Crippen molar-refractivity contribution in [3.05, 3.63) is 34.8 Å². The van der Waals surface area contributed by atoms with E-state index in [4.69, 9.17) is 10.5 Å². The summed E-state index contributed by atoms with van der Waals surface area (Å²) in [7, 11) is 0. The fraction of sp³-hybridized carbons (Fsp3) is 0.231. The molecule has 1 amide bonds. The van der Waals surface area contributed by atoms with Crippen molar-refractivity contribution >= 4 is 44.5 Å². The molecule has 3 N–H and O–H groups in total. The third kappa shape index (κ3) is 5.08. The molecule has 22 heavy (non-hydrogen) atoms. The van der Waals surface area contributed by atoms with Crippen LogP contribution in [0.3, 0.4) is 0 Å². The molecule has 0 aliphatic carbocycles. The van der Waals surface area contributed by atoms with Crippen LogP contribution < -0.4 is 15.9 Å². The third-order valence-corrected chi connectivity index (χ3v) is 3.52. The molecule has 0 fully saturated rings. The van der Waals surface area contributed by atoms with Crippen LogP contribution in [0.5, 0.6) is 5.75 Å². The van der Waals surface area contributed by atoms with Gasteiger partial charge >= 0.3 is 0 Å². The quantitative estimate of drug-likeness (QED) is 0.429. The Balaban J connectivity index is 1.90. The summed E-state index contributed by atoms with van der Waals surface area (Å²) in [5.41, 5.74) is 8.67. The minimum atomic E-state index is -0.286. The van der Waals surface area contributed by atoms with E-state index in [-0.39, 0.29) is 12.3 Å². The van der Waals surface area contributed by atoms with Crippen LogP contribution in [0.1, 0.15) is 10.6 Å². The molecular formula is C13H14BrN5O2S. The van der Waals surface area contributed by atoms with Gasteiger partial charge in [-0.25, -0.2) is 5.43 Å². The second-order valence-corrected chi connectivity index (χ2v) is 5.97. The summed E-state index contributed by atoms with van der Waals surface area (Å²) in [4.78, 5) is 11.7. The van der Waals surface area contributed by atoms with Crippen molar-refractivity contribution in [2.45, 2.75) is 6.42 Å². The summed E-state index contributed by atoms with van der Waals surface area (Å²) < 4.78 is 5.56. The molecule has 0 saturated heterocycles. The lowest BCUT2D eigenvalue weighted by Crippen LogP contribution is -2.19. The average Bonchev–Trinajstić information content (AvgIpc) is 2.91. The zero-order chi connectivity index (χ0) is 15.8. The number of amides is 1. The van der Waals surface area contributed by atoms with Crippen molar-refractivity contribution in [3.8, 4) is 5.75 Å². The number of ether oxygens (including phenoxy) is 1. The molecule has 0 aliphatic rings. The second kappa shape index (κ2) is 8.44. The molecule has 2 rings (SSSR count). The lowest BCUT2D eigenvalue weighted by molar-refractivity contribution is -0.120. The van der Waals surface area contributed by atoms with Gasteiger partial charge in [0.2, 0.25) is 11.0 Å². The molecule has 0 atom stereocenters. The van der Waals surface area contributed by atoms with Gasteiger partial charge in [-0.05, 0) is 12.1 Å². The maximum atomic E-state index is 11.7. The number of alkyl halides is 1. The number of nitrogens with zero attached hydrogens (tertiary/aromatic N) is 3. The van der Waals surface area contributed by atoms with Crippen molar-refractivity contribution in [3.63, 3.8) is 0 Å². The van der Waals surface area contributed by atoms with Gasteiger partial charge in [0.15, 0.2) is 0 Å². The van der Waals surface area contributed by atoms with E-state index < -0.39 is 0 Å². The number of halogens is 1. The number of anilines is 1. The third-order valence-electron chi connectivity index (χ3n) is 2.44. The summed E-state index contributed by atoms with van der Waals surface area (Å²) in [5.74, 6) is 0.420. The minimum Gasteiger partial charge on any atom is -0.492 e. The predicted octanol–water partition coefficient (Wildman–Crippen LogP) is 1.59. The average molecular weight is 384 g/mol. The lowest BCUT2D eigenvalue weighted by Gasteiger charge is -2.06. The molecule has 7 nitrogen and oxygen atoms in total. The molecule has 0 radical (unpaired) electrons. The number of carbonyl (C=O) groups is 1. The Morgan fingerprint density at radius 3 is 3.00 bits per heavy atom. The zero-order valence-corrected chi connectivity index (χ0v) is 13.9. The van der Waals surface area contributed by atoms with Gasteiger partial charge in [-0.3, -0.25) is 4.79 Å². The number of benzene rings is 1. The molecule has 9 heteroatoms. The van der Waals surface area contributed by atoms with Crippen LogP contribution in [0, 0.1) is 0 Å². The minimum absolute atomic E-state index is 0.0912. The second-order valence-electron chi connectivity index (χ2n) is 4.08. The van der Waals surface area contributed by atoms with Gasteiger partial charge in [0.05, 0.1) is 19.2 Å². The number of aromatic nitrogens is 2. The maximum Gasteiger partial charge on any atom is 0.247 e. The first-order valence-electron chi connectivity index (χ1n) is 6.36. The van der Waals surface area contributed by atoms with Crippen LogP contribution in [0.2, 0.25) is 0 Å². The molecular weight excluding hydrogens is 370 g/mol. The molecule has 1 aromatic heterocycles. The Morgan fingerprint density at radius 1 is 1.45 bits per heavy atom. The molecule has 0 spiro atoms. The highest BCUT2D eigenvalue weighted by atomic mass is 79.9. The van der Waals surface area contributed by atoms with E-state index in [1.165, 1.54) is 17.6 Å². The first-order valence-corrected chi connectivity index (χ1v) is 8.30. The predicted molar refractivity (Wildman–Crippen MR) is 89.5 cm³/mol. The Morgan fingerprint density at radius 2 is 2.27 bits per heavy atom. The first-order chi connectivity index (χ1) is 10.7. The van der Waals surface area contributed by atoms with Crippen LogP contribution in [-0.2, 0) is 11.2 Å². The van der Waals surface area contributed by atoms with Crippen LogP contribution in [-0.4, -0.2) is 34.3 Å². The summed E-state index contributed by atoms with van der Waals surface area (Å²) in [6, 6.07) is 7.44. The van der Waals surface area contributed by atoms with Crippen LogP contribution >= 0.6 is 27.3 Å². The Bertz CT molecular complexity index is 661. The van der Waals surface area contributed by atoms with Crippen molar-refractivity contribution in [2.24, 2.45) is 5.10 Å². The van der Waals surface area contributed by atoms with E-state index in [1.807, 2.05) is 24.3 Å². The number of nitrogens with two attached hydrogens (primary N) is 1. The molecule has 2 aromatic rings. The topological polar surface area (TPSA) is 102 Å². The van der Waals surface area contributed by atoms with Crippen molar-refractivity contribution in [1.29, 1.82) is 0 Å².